The molecule has 2 rings (SSSR count). The number of carboxylic acids is 1. The van der Waals surface area contributed by atoms with Crippen molar-refractivity contribution in [2.24, 2.45) is 0 Å². The fourth-order valence-corrected chi connectivity index (χ4v) is 2.71. The van der Waals surface area contributed by atoms with Crippen LogP contribution in [0.4, 0.5) is 0 Å². The number of nitrogens with zero attached hydrogens (tertiary/aromatic N) is 1. The number of carboxylic acid groups (broad SMARTS) is 1. The van der Waals surface area contributed by atoms with Crippen LogP contribution in [0.25, 0.3) is 0 Å². The molecule has 0 spiro atoms. The molecule has 2 heterocycles. The summed E-state index contributed by atoms with van der Waals surface area (Å²) in [6, 6.07) is 1.50. The van der Waals surface area contributed by atoms with Crippen LogP contribution in [-0.2, 0) is 4.74 Å². The zero-order chi connectivity index (χ0) is 13.3. The predicted octanol–water partition coefficient (Wildman–Crippen LogP) is 1.64. The van der Waals surface area contributed by atoms with E-state index in [2.05, 4.69) is 4.98 Å². The number of aromatic nitrogens is 1. The van der Waals surface area contributed by atoms with Gasteiger partial charge in [0.1, 0.15) is 5.44 Å². The third-order valence-electron chi connectivity index (χ3n) is 2.48. The van der Waals surface area contributed by atoms with Gasteiger partial charge in [-0.25, -0.2) is 9.78 Å². The number of rotatable bonds is 3. The van der Waals surface area contributed by atoms with Crippen molar-refractivity contribution in [1.82, 2.24) is 4.98 Å². The van der Waals surface area contributed by atoms with Crippen LogP contribution < -0.4 is 4.74 Å². The van der Waals surface area contributed by atoms with Crippen LogP contribution in [0, 0.1) is 0 Å². The molecule has 2 unspecified atom stereocenters. The monoisotopic (exact) mass is 271 g/mol. The maximum absolute atomic E-state index is 11.0. The van der Waals surface area contributed by atoms with Gasteiger partial charge in [0, 0.05) is 11.8 Å². The van der Waals surface area contributed by atoms with Crippen molar-refractivity contribution in [2.75, 3.05) is 12.9 Å². The van der Waals surface area contributed by atoms with Crippen molar-refractivity contribution in [3.05, 3.63) is 17.5 Å². The fourth-order valence-electron chi connectivity index (χ4n) is 1.63. The minimum atomic E-state index is -1.30. The van der Waals surface area contributed by atoms with Gasteiger partial charge in [-0.05, 0) is 6.92 Å². The highest BCUT2D eigenvalue weighted by atomic mass is 32.2. The summed E-state index contributed by atoms with van der Waals surface area (Å²) in [7, 11) is 1.36. The number of ether oxygens (including phenoxy) is 2. The molecule has 2 atom stereocenters. The van der Waals surface area contributed by atoms with Crippen LogP contribution in [0.3, 0.4) is 0 Å². The molecule has 6 nitrogen and oxygen atoms in total. The van der Waals surface area contributed by atoms with Gasteiger partial charge >= 0.3 is 5.97 Å². The van der Waals surface area contributed by atoms with Crippen LogP contribution in [0.2, 0.25) is 0 Å². The van der Waals surface area contributed by atoms with E-state index in [1.807, 2.05) is 6.92 Å². The van der Waals surface area contributed by atoms with E-state index in [4.69, 9.17) is 14.6 Å². The van der Waals surface area contributed by atoms with Crippen LogP contribution >= 0.6 is 11.8 Å². The van der Waals surface area contributed by atoms with E-state index in [0.717, 1.165) is 5.75 Å². The average molecular weight is 271 g/mol. The largest absolute Gasteiger partial charge is 0.503 e. The van der Waals surface area contributed by atoms with Gasteiger partial charge in [-0.1, -0.05) is 0 Å². The van der Waals surface area contributed by atoms with Gasteiger partial charge in [0.25, 0.3) is 0 Å². The highest BCUT2D eigenvalue weighted by molar-refractivity contribution is 7.99. The first-order valence-corrected chi connectivity index (χ1v) is 6.36. The summed E-state index contributed by atoms with van der Waals surface area (Å²) in [6.45, 7) is 1.93. The lowest BCUT2D eigenvalue weighted by Crippen LogP contribution is -2.08. The lowest BCUT2D eigenvalue weighted by atomic mass is 10.2. The summed E-state index contributed by atoms with van der Waals surface area (Å²) in [5, 5.41) is 18.6. The molecule has 0 aromatic carbocycles. The first-order chi connectivity index (χ1) is 8.52. The molecular weight excluding hydrogens is 258 g/mol. The van der Waals surface area contributed by atoms with Crippen molar-refractivity contribution in [3.8, 4) is 11.5 Å². The second-order valence-electron chi connectivity index (χ2n) is 3.86. The van der Waals surface area contributed by atoms with Crippen LogP contribution in [-0.4, -0.2) is 40.1 Å². The van der Waals surface area contributed by atoms with Gasteiger partial charge in [-0.15, -0.1) is 11.8 Å². The van der Waals surface area contributed by atoms with Gasteiger partial charge in [-0.2, -0.15) is 0 Å². The first kappa shape index (κ1) is 13.0. The Bertz CT molecular complexity index is 479. The van der Waals surface area contributed by atoms with Gasteiger partial charge < -0.3 is 19.7 Å². The Labute approximate surface area is 108 Å². The van der Waals surface area contributed by atoms with Crippen molar-refractivity contribution in [3.63, 3.8) is 0 Å². The molecule has 0 radical (unpaired) electrons. The number of pyridine rings is 1. The normalized spacial score (nSPS) is 23.0. The Morgan fingerprint density at radius 3 is 2.89 bits per heavy atom. The van der Waals surface area contributed by atoms with E-state index in [0.29, 0.717) is 5.69 Å². The van der Waals surface area contributed by atoms with Gasteiger partial charge in [0.2, 0.25) is 0 Å². The van der Waals surface area contributed by atoms with E-state index in [-0.39, 0.29) is 17.3 Å². The Morgan fingerprint density at radius 1 is 1.67 bits per heavy atom. The molecule has 7 heteroatoms. The van der Waals surface area contributed by atoms with E-state index in [1.165, 1.54) is 24.9 Å². The summed E-state index contributed by atoms with van der Waals surface area (Å²) in [4.78, 5) is 14.9. The lowest BCUT2D eigenvalue weighted by Gasteiger charge is -2.13. The maximum atomic E-state index is 11.0. The van der Waals surface area contributed by atoms with Gasteiger partial charge in [0.15, 0.2) is 17.2 Å². The highest BCUT2D eigenvalue weighted by Crippen LogP contribution is 2.40. The van der Waals surface area contributed by atoms with Crippen molar-refractivity contribution in [2.45, 2.75) is 18.5 Å². The molecule has 1 aliphatic heterocycles. The summed E-state index contributed by atoms with van der Waals surface area (Å²) >= 11 is 1.53. The van der Waals surface area contributed by atoms with Crippen molar-refractivity contribution < 1.29 is 24.5 Å². The summed E-state index contributed by atoms with van der Waals surface area (Å²) < 4.78 is 10.5. The molecule has 1 fully saturated rings. The van der Waals surface area contributed by atoms with Crippen LogP contribution in [0.15, 0.2) is 6.07 Å². The number of aromatic hydroxyl groups is 1. The van der Waals surface area contributed by atoms with E-state index in [9.17, 15) is 9.90 Å². The minimum absolute atomic E-state index is 0.0844. The predicted molar refractivity (Wildman–Crippen MR) is 65.2 cm³/mol. The number of thioether (sulfide) groups is 1. The van der Waals surface area contributed by atoms with Crippen molar-refractivity contribution in [1.29, 1.82) is 0 Å². The average Bonchev–Trinajstić information content (AvgIpc) is 2.76. The number of aromatic carboxylic acids is 1. The molecule has 0 bridgehead atoms. The third kappa shape index (κ3) is 2.37. The van der Waals surface area contributed by atoms with Gasteiger partial charge in [-0.3, -0.25) is 0 Å². The number of hydrogen-bond donors (Lipinski definition) is 2. The first-order valence-electron chi connectivity index (χ1n) is 5.31. The lowest BCUT2D eigenvalue weighted by molar-refractivity contribution is 0.0677. The second kappa shape index (κ2) is 5.03. The third-order valence-corrected chi connectivity index (χ3v) is 3.80. The SMILES string of the molecule is COc1cc(C2OC(C)CS2)nc(C(=O)O)c1O. The smallest absolute Gasteiger partial charge is 0.358 e. The highest BCUT2D eigenvalue weighted by Gasteiger charge is 2.28. The van der Waals surface area contributed by atoms with E-state index in [1.54, 1.807) is 0 Å². The zero-order valence-electron chi connectivity index (χ0n) is 9.91. The number of carbonyl (C=O) groups is 1. The molecule has 1 aliphatic rings. The molecule has 2 N–H and O–H groups in total. The molecule has 1 aromatic rings. The molecule has 1 saturated heterocycles. The quantitative estimate of drug-likeness (QED) is 0.863. The topological polar surface area (TPSA) is 88.9 Å². The standard InChI is InChI=1S/C11H13NO5S/c1-5-4-18-11(17-5)6-3-7(16-2)9(13)8(12-6)10(14)15/h3,5,11,13H,4H2,1-2H3,(H,14,15). The Hall–Kier alpha value is -1.47. The van der Waals surface area contributed by atoms with E-state index < -0.39 is 17.4 Å². The molecule has 0 saturated carbocycles. The summed E-state index contributed by atoms with van der Waals surface area (Å²) in [6.07, 6.45) is 0.0925. The Morgan fingerprint density at radius 2 is 2.39 bits per heavy atom. The molecular formula is C11H13NO5S. The molecule has 18 heavy (non-hydrogen) atoms. The molecule has 98 valence electrons. The minimum Gasteiger partial charge on any atom is -0.503 e. The number of methoxy groups -OCH3 is 1. The van der Waals surface area contributed by atoms with Gasteiger partial charge in [0.05, 0.1) is 18.9 Å². The molecule has 0 amide bonds. The number of hydrogen-bond acceptors (Lipinski definition) is 6. The Balaban J connectivity index is 2.42. The Kier molecular flexibility index (Phi) is 3.63. The molecule has 1 aromatic heterocycles. The zero-order valence-corrected chi connectivity index (χ0v) is 10.7. The maximum Gasteiger partial charge on any atom is 0.358 e. The summed E-state index contributed by atoms with van der Waals surface area (Å²) in [5.74, 6) is -0.868. The molecule has 0 aliphatic carbocycles. The van der Waals surface area contributed by atoms with E-state index >= 15 is 0 Å². The fraction of sp³-hybridized carbons (Fsp3) is 0.455. The van der Waals surface area contributed by atoms with Crippen LogP contribution in [0.1, 0.15) is 28.5 Å². The van der Waals surface area contributed by atoms with Crippen LogP contribution in [0.5, 0.6) is 11.5 Å². The van der Waals surface area contributed by atoms with Crippen molar-refractivity contribution >= 4 is 17.7 Å². The summed E-state index contributed by atoms with van der Waals surface area (Å²) in [5.41, 5.74) is -0.308. The second-order valence-corrected chi connectivity index (χ2v) is 4.96.